The number of carbonyl (C=O) groups excluding carboxylic acids is 1. The first-order valence-electron chi connectivity index (χ1n) is 8.10. The molecule has 9 heteroatoms. The van der Waals surface area contributed by atoms with Crippen LogP contribution in [-0.4, -0.2) is 42.6 Å². The molecule has 0 spiro atoms. The highest BCUT2D eigenvalue weighted by atomic mass is 16.5. The highest BCUT2D eigenvalue weighted by Crippen LogP contribution is 2.23. The molecule has 0 saturated heterocycles. The highest BCUT2D eigenvalue weighted by Gasteiger charge is 2.14. The standard InChI is InChI=1S/C18H15N7O2/c1-11-16(25-15(22-11)9-19-10-21-25)14-7-8-20-18(24-14)23-13-5-3-12(4-6-13)17(26)27-2/h3-10H,1-2H3,(H,20,23,24). The summed E-state index contributed by atoms with van der Waals surface area (Å²) in [5, 5.41) is 7.37. The predicted molar refractivity (Wildman–Crippen MR) is 97.6 cm³/mol. The SMILES string of the molecule is COC(=O)c1ccc(Nc2nccc(-c3c(C)nc4cncnn34)n2)cc1. The first kappa shape index (κ1) is 16.6. The van der Waals surface area contributed by atoms with Crippen molar-refractivity contribution in [3.63, 3.8) is 0 Å². The molecular weight excluding hydrogens is 346 g/mol. The minimum absolute atomic E-state index is 0.384. The lowest BCUT2D eigenvalue weighted by Gasteiger charge is -2.07. The highest BCUT2D eigenvalue weighted by molar-refractivity contribution is 5.89. The minimum atomic E-state index is -0.384. The third-order valence-corrected chi connectivity index (χ3v) is 3.94. The van der Waals surface area contributed by atoms with Crippen molar-refractivity contribution in [3.05, 3.63) is 60.3 Å². The quantitative estimate of drug-likeness (QED) is 0.552. The van der Waals surface area contributed by atoms with Crippen molar-refractivity contribution >= 4 is 23.3 Å². The Morgan fingerprint density at radius 2 is 1.96 bits per heavy atom. The van der Waals surface area contributed by atoms with E-state index in [1.807, 2.05) is 6.92 Å². The third-order valence-electron chi connectivity index (χ3n) is 3.94. The van der Waals surface area contributed by atoms with Crippen LogP contribution in [0.4, 0.5) is 11.6 Å². The number of methoxy groups -OCH3 is 1. The number of nitrogens with one attached hydrogen (secondary N) is 1. The molecule has 0 fully saturated rings. The van der Waals surface area contributed by atoms with Crippen molar-refractivity contribution in [2.24, 2.45) is 0 Å². The van der Waals surface area contributed by atoms with Crippen molar-refractivity contribution in [1.82, 2.24) is 29.5 Å². The van der Waals surface area contributed by atoms with Crippen molar-refractivity contribution in [3.8, 4) is 11.4 Å². The first-order valence-corrected chi connectivity index (χ1v) is 8.10. The summed E-state index contributed by atoms with van der Waals surface area (Å²) < 4.78 is 6.39. The molecule has 0 radical (unpaired) electrons. The lowest BCUT2D eigenvalue weighted by molar-refractivity contribution is 0.0601. The fourth-order valence-electron chi connectivity index (χ4n) is 2.70. The Labute approximate surface area is 154 Å². The van der Waals surface area contributed by atoms with Gasteiger partial charge in [-0.15, -0.1) is 0 Å². The van der Waals surface area contributed by atoms with Crippen LogP contribution in [0.2, 0.25) is 0 Å². The summed E-state index contributed by atoms with van der Waals surface area (Å²) >= 11 is 0. The topological polar surface area (TPSA) is 107 Å². The number of fused-ring (bicyclic) bond motifs is 1. The van der Waals surface area contributed by atoms with Gasteiger partial charge in [0.05, 0.1) is 30.3 Å². The summed E-state index contributed by atoms with van der Waals surface area (Å²) in [5.74, 6) is 0.0339. The Bertz CT molecular complexity index is 1120. The largest absolute Gasteiger partial charge is 0.465 e. The number of rotatable bonds is 4. The summed E-state index contributed by atoms with van der Waals surface area (Å²) in [4.78, 5) is 28.8. The van der Waals surface area contributed by atoms with Crippen LogP contribution < -0.4 is 5.32 Å². The van der Waals surface area contributed by atoms with Gasteiger partial charge in [-0.25, -0.2) is 29.2 Å². The van der Waals surface area contributed by atoms with Gasteiger partial charge in [-0.1, -0.05) is 0 Å². The second kappa shape index (κ2) is 6.79. The van der Waals surface area contributed by atoms with Gasteiger partial charge >= 0.3 is 5.97 Å². The number of esters is 1. The van der Waals surface area contributed by atoms with Gasteiger partial charge < -0.3 is 10.1 Å². The molecule has 1 N–H and O–H groups in total. The van der Waals surface area contributed by atoms with Crippen LogP contribution in [0.25, 0.3) is 17.0 Å². The molecule has 3 heterocycles. The molecule has 4 aromatic rings. The molecule has 0 aliphatic carbocycles. The van der Waals surface area contributed by atoms with Crippen molar-refractivity contribution in [2.75, 3.05) is 12.4 Å². The Balaban J connectivity index is 1.65. The van der Waals surface area contributed by atoms with E-state index in [2.05, 4.69) is 30.4 Å². The number of imidazole rings is 1. The molecule has 0 bridgehead atoms. The van der Waals surface area contributed by atoms with Gasteiger partial charge in [0, 0.05) is 11.9 Å². The smallest absolute Gasteiger partial charge is 0.337 e. The zero-order valence-electron chi connectivity index (χ0n) is 14.6. The van der Waals surface area contributed by atoms with Crippen molar-refractivity contribution < 1.29 is 9.53 Å². The van der Waals surface area contributed by atoms with E-state index in [0.717, 1.165) is 17.1 Å². The van der Waals surface area contributed by atoms with Crippen molar-refractivity contribution in [2.45, 2.75) is 6.92 Å². The van der Waals surface area contributed by atoms with Gasteiger partial charge in [-0.05, 0) is 37.3 Å². The first-order chi connectivity index (χ1) is 13.2. The average molecular weight is 361 g/mol. The second-order valence-electron chi connectivity index (χ2n) is 5.68. The average Bonchev–Trinajstić information content (AvgIpc) is 3.04. The molecule has 0 atom stereocenters. The van der Waals surface area contributed by atoms with Gasteiger partial charge in [-0.3, -0.25) is 0 Å². The van der Waals surface area contributed by atoms with Crippen LogP contribution in [0.3, 0.4) is 0 Å². The molecule has 0 amide bonds. The Kier molecular flexibility index (Phi) is 4.17. The number of anilines is 2. The van der Waals surface area contributed by atoms with Gasteiger partial charge in [0.1, 0.15) is 12.0 Å². The summed E-state index contributed by atoms with van der Waals surface area (Å²) in [7, 11) is 1.35. The number of carbonyl (C=O) groups is 1. The zero-order valence-corrected chi connectivity index (χ0v) is 14.6. The fraction of sp³-hybridized carbons (Fsp3) is 0.111. The Morgan fingerprint density at radius 3 is 2.74 bits per heavy atom. The molecule has 0 unspecified atom stereocenters. The number of hydrogen-bond donors (Lipinski definition) is 1. The van der Waals surface area contributed by atoms with Crippen LogP contribution in [-0.2, 0) is 4.74 Å². The monoisotopic (exact) mass is 361 g/mol. The number of benzene rings is 1. The van der Waals surface area contributed by atoms with E-state index in [0.29, 0.717) is 22.9 Å². The maximum atomic E-state index is 11.5. The van der Waals surface area contributed by atoms with E-state index in [-0.39, 0.29) is 5.97 Å². The molecule has 4 rings (SSSR count). The molecule has 3 aromatic heterocycles. The summed E-state index contributed by atoms with van der Waals surface area (Å²) in [6.07, 6.45) is 4.76. The second-order valence-corrected chi connectivity index (χ2v) is 5.68. The van der Waals surface area contributed by atoms with Crippen LogP contribution in [0, 0.1) is 6.92 Å². The molecule has 27 heavy (non-hydrogen) atoms. The van der Waals surface area contributed by atoms with Gasteiger partial charge in [0.25, 0.3) is 0 Å². The van der Waals surface area contributed by atoms with E-state index in [1.54, 1.807) is 47.2 Å². The Hall–Kier alpha value is -3.88. The number of hydrogen-bond acceptors (Lipinski definition) is 8. The van der Waals surface area contributed by atoms with E-state index < -0.39 is 0 Å². The summed E-state index contributed by atoms with van der Waals surface area (Å²) in [6, 6.07) is 8.65. The lowest BCUT2D eigenvalue weighted by Crippen LogP contribution is -2.02. The van der Waals surface area contributed by atoms with Gasteiger partial charge in [0.15, 0.2) is 5.65 Å². The zero-order chi connectivity index (χ0) is 18.8. The maximum absolute atomic E-state index is 11.5. The van der Waals surface area contributed by atoms with E-state index >= 15 is 0 Å². The number of ether oxygens (including phenoxy) is 1. The molecule has 134 valence electrons. The van der Waals surface area contributed by atoms with E-state index in [9.17, 15) is 4.79 Å². The molecule has 9 nitrogen and oxygen atoms in total. The van der Waals surface area contributed by atoms with Gasteiger partial charge in [0.2, 0.25) is 5.95 Å². The van der Waals surface area contributed by atoms with Crippen molar-refractivity contribution in [1.29, 1.82) is 0 Å². The number of aromatic nitrogens is 6. The van der Waals surface area contributed by atoms with Crippen LogP contribution in [0.1, 0.15) is 16.1 Å². The summed E-state index contributed by atoms with van der Waals surface area (Å²) in [5.41, 5.74) is 4.12. The van der Waals surface area contributed by atoms with Gasteiger partial charge in [-0.2, -0.15) is 5.10 Å². The van der Waals surface area contributed by atoms with Crippen LogP contribution >= 0.6 is 0 Å². The fourth-order valence-corrected chi connectivity index (χ4v) is 2.70. The normalized spacial score (nSPS) is 10.7. The van der Waals surface area contributed by atoms with Crippen LogP contribution in [0.15, 0.2) is 49.1 Å². The Morgan fingerprint density at radius 1 is 1.15 bits per heavy atom. The maximum Gasteiger partial charge on any atom is 0.337 e. The third kappa shape index (κ3) is 3.17. The molecular formula is C18H15N7O2. The van der Waals surface area contributed by atoms with E-state index in [4.69, 9.17) is 4.74 Å². The molecule has 1 aromatic carbocycles. The molecule has 0 aliphatic heterocycles. The minimum Gasteiger partial charge on any atom is -0.465 e. The lowest BCUT2D eigenvalue weighted by atomic mass is 10.2. The molecule has 0 aliphatic rings. The predicted octanol–water partition coefficient (Wildman–Crippen LogP) is 2.42. The van der Waals surface area contributed by atoms with Crippen LogP contribution in [0.5, 0.6) is 0 Å². The number of aryl methyl sites for hydroxylation is 1. The molecule has 0 saturated carbocycles. The summed E-state index contributed by atoms with van der Waals surface area (Å²) in [6.45, 7) is 1.89. The van der Waals surface area contributed by atoms with E-state index in [1.165, 1.54) is 13.4 Å². The number of nitrogens with zero attached hydrogens (tertiary/aromatic N) is 6.